The topological polar surface area (TPSA) is 38.0 Å². The van der Waals surface area contributed by atoms with E-state index in [1.165, 1.54) is 12.1 Å². The molecule has 0 amide bonds. The molecule has 0 radical (unpaired) electrons. The first kappa shape index (κ1) is 11.1. The number of aliphatic hydroxyl groups excluding tert-OH is 1. The van der Waals surface area contributed by atoms with Crippen LogP contribution in [0.25, 0.3) is 0 Å². The van der Waals surface area contributed by atoms with Gasteiger partial charge in [-0.2, -0.15) is 0 Å². The Kier molecular flexibility index (Phi) is 3.22. The molecule has 0 aliphatic rings. The van der Waals surface area contributed by atoms with E-state index in [-0.39, 0.29) is 5.82 Å². The van der Waals surface area contributed by atoms with Gasteiger partial charge in [0.05, 0.1) is 12.6 Å². The lowest BCUT2D eigenvalue weighted by Crippen LogP contribution is -2.08. The molecular weight excluding hydrogens is 231 g/mol. The first-order valence-corrected chi connectivity index (χ1v) is 5.15. The van der Waals surface area contributed by atoms with Gasteiger partial charge in [-0.1, -0.05) is 12.1 Å². The summed E-state index contributed by atoms with van der Waals surface area (Å²) < 4.78 is 14.3. The number of hydrogen-bond donors (Lipinski definition) is 1. The minimum Gasteiger partial charge on any atom is -0.387 e. The molecule has 2 aromatic rings. The number of rotatable bonds is 3. The van der Waals surface area contributed by atoms with Crippen LogP contribution < -0.4 is 0 Å². The summed E-state index contributed by atoms with van der Waals surface area (Å²) in [6.45, 7) is 0.296. The van der Waals surface area contributed by atoms with Crippen molar-refractivity contribution in [2.24, 2.45) is 0 Å². The van der Waals surface area contributed by atoms with Crippen molar-refractivity contribution in [2.75, 3.05) is 0 Å². The van der Waals surface area contributed by atoms with Gasteiger partial charge >= 0.3 is 0 Å². The van der Waals surface area contributed by atoms with E-state index in [9.17, 15) is 9.50 Å². The number of nitrogens with zero attached hydrogens (tertiary/aromatic N) is 2. The third-order valence-electron chi connectivity index (χ3n) is 2.29. The van der Waals surface area contributed by atoms with E-state index >= 15 is 0 Å². The van der Waals surface area contributed by atoms with E-state index < -0.39 is 6.10 Å². The molecule has 0 bridgehead atoms. The molecule has 1 aromatic heterocycles. The molecular formula is C11H10ClFN2O. The van der Waals surface area contributed by atoms with E-state index in [1.807, 2.05) is 0 Å². The molecule has 16 heavy (non-hydrogen) atoms. The van der Waals surface area contributed by atoms with Gasteiger partial charge in [0.2, 0.25) is 5.28 Å². The zero-order valence-electron chi connectivity index (χ0n) is 8.35. The molecule has 1 aromatic carbocycles. The second-order valence-electron chi connectivity index (χ2n) is 3.42. The van der Waals surface area contributed by atoms with E-state index in [0.717, 1.165) is 0 Å². The van der Waals surface area contributed by atoms with Crippen LogP contribution in [0, 0.1) is 5.82 Å². The lowest BCUT2D eigenvalue weighted by molar-refractivity contribution is 0.156. The van der Waals surface area contributed by atoms with Crippen LogP contribution in [0.1, 0.15) is 11.7 Å². The Balaban J connectivity index is 2.11. The summed E-state index contributed by atoms with van der Waals surface area (Å²) in [5.41, 5.74) is 0.645. The SMILES string of the molecule is OC(Cn1ccnc1Cl)c1ccc(F)cc1. The van der Waals surface area contributed by atoms with Crippen molar-refractivity contribution in [3.8, 4) is 0 Å². The summed E-state index contributed by atoms with van der Waals surface area (Å²) in [6.07, 6.45) is 2.50. The fraction of sp³-hybridized carbons (Fsp3) is 0.182. The smallest absolute Gasteiger partial charge is 0.202 e. The van der Waals surface area contributed by atoms with Gasteiger partial charge in [-0.15, -0.1) is 0 Å². The summed E-state index contributed by atoms with van der Waals surface area (Å²) in [5.74, 6) is -0.323. The predicted molar refractivity (Wildman–Crippen MR) is 58.6 cm³/mol. The normalized spacial score (nSPS) is 12.7. The van der Waals surface area contributed by atoms with Gasteiger partial charge in [-0.05, 0) is 29.3 Å². The van der Waals surface area contributed by atoms with Gasteiger partial charge in [0.25, 0.3) is 0 Å². The molecule has 1 unspecified atom stereocenters. The Morgan fingerprint density at radius 2 is 2.06 bits per heavy atom. The lowest BCUT2D eigenvalue weighted by Gasteiger charge is -2.12. The summed E-state index contributed by atoms with van der Waals surface area (Å²) in [7, 11) is 0. The molecule has 2 rings (SSSR count). The Bertz CT molecular complexity index is 469. The third-order valence-corrected chi connectivity index (χ3v) is 2.60. The molecule has 1 heterocycles. The monoisotopic (exact) mass is 240 g/mol. The highest BCUT2D eigenvalue weighted by Crippen LogP contribution is 2.17. The Morgan fingerprint density at radius 3 is 2.62 bits per heavy atom. The van der Waals surface area contributed by atoms with Crippen molar-refractivity contribution in [2.45, 2.75) is 12.6 Å². The second kappa shape index (κ2) is 4.63. The average molecular weight is 241 g/mol. The van der Waals surface area contributed by atoms with Gasteiger partial charge in [-0.25, -0.2) is 9.37 Å². The maximum atomic E-state index is 12.7. The molecule has 0 saturated carbocycles. The largest absolute Gasteiger partial charge is 0.387 e. The predicted octanol–water partition coefficient (Wildman–Crippen LogP) is 2.41. The maximum absolute atomic E-state index is 12.7. The number of imidazole rings is 1. The first-order chi connectivity index (χ1) is 7.66. The number of aliphatic hydroxyl groups is 1. The highest BCUT2D eigenvalue weighted by molar-refractivity contribution is 6.28. The zero-order chi connectivity index (χ0) is 11.5. The highest BCUT2D eigenvalue weighted by Gasteiger charge is 2.10. The minimum absolute atomic E-state index is 0.296. The van der Waals surface area contributed by atoms with Crippen molar-refractivity contribution >= 4 is 11.6 Å². The van der Waals surface area contributed by atoms with Crippen molar-refractivity contribution in [1.29, 1.82) is 0 Å². The van der Waals surface area contributed by atoms with Crippen LogP contribution in [0.2, 0.25) is 5.28 Å². The molecule has 1 N–H and O–H groups in total. The van der Waals surface area contributed by atoms with Gasteiger partial charge in [-0.3, -0.25) is 0 Å². The fourth-order valence-corrected chi connectivity index (χ4v) is 1.61. The minimum atomic E-state index is -0.729. The van der Waals surface area contributed by atoms with Crippen molar-refractivity contribution < 1.29 is 9.50 Å². The second-order valence-corrected chi connectivity index (χ2v) is 3.75. The van der Waals surface area contributed by atoms with Crippen LogP contribution in [-0.4, -0.2) is 14.7 Å². The highest BCUT2D eigenvalue weighted by atomic mass is 35.5. The quantitative estimate of drug-likeness (QED) is 0.895. The summed E-state index contributed by atoms with van der Waals surface area (Å²) >= 11 is 5.78. The summed E-state index contributed by atoms with van der Waals surface area (Å²) in [4.78, 5) is 3.83. The molecule has 0 fully saturated rings. The van der Waals surface area contributed by atoms with Crippen LogP contribution >= 0.6 is 11.6 Å². The van der Waals surface area contributed by atoms with Crippen molar-refractivity contribution in [3.63, 3.8) is 0 Å². The molecule has 0 aliphatic carbocycles. The Morgan fingerprint density at radius 1 is 1.38 bits per heavy atom. The number of halogens is 2. The van der Waals surface area contributed by atoms with Crippen LogP contribution in [0.15, 0.2) is 36.7 Å². The Labute approximate surface area is 97.1 Å². The van der Waals surface area contributed by atoms with E-state index in [4.69, 9.17) is 11.6 Å². The maximum Gasteiger partial charge on any atom is 0.202 e. The molecule has 5 heteroatoms. The zero-order valence-corrected chi connectivity index (χ0v) is 9.10. The molecule has 0 saturated heterocycles. The van der Waals surface area contributed by atoms with E-state index in [1.54, 1.807) is 29.1 Å². The lowest BCUT2D eigenvalue weighted by atomic mass is 10.1. The number of benzene rings is 1. The number of hydrogen-bond acceptors (Lipinski definition) is 2. The van der Waals surface area contributed by atoms with Crippen LogP contribution in [0.3, 0.4) is 0 Å². The van der Waals surface area contributed by atoms with E-state index in [2.05, 4.69) is 4.98 Å². The molecule has 0 spiro atoms. The third kappa shape index (κ3) is 2.40. The van der Waals surface area contributed by atoms with Crippen molar-refractivity contribution in [3.05, 3.63) is 53.3 Å². The fourth-order valence-electron chi connectivity index (χ4n) is 1.42. The summed E-state index contributed by atoms with van der Waals surface area (Å²) in [5, 5.41) is 10.2. The molecule has 1 atom stereocenters. The van der Waals surface area contributed by atoms with Crippen LogP contribution in [0.4, 0.5) is 4.39 Å². The van der Waals surface area contributed by atoms with Gasteiger partial charge < -0.3 is 9.67 Å². The van der Waals surface area contributed by atoms with Crippen LogP contribution in [-0.2, 0) is 6.54 Å². The van der Waals surface area contributed by atoms with E-state index in [0.29, 0.717) is 17.4 Å². The Hall–Kier alpha value is -1.39. The molecule has 3 nitrogen and oxygen atoms in total. The molecule has 0 aliphatic heterocycles. The van der Waals surface area contributed by atoms with Gasteiger partial charge in [0.15, 0.2) is 0 Å². The molecule has 84 valence electrons. The first-order valence-electron chi connectivity index (χ1n) is 4.77. The van der Waals surface area contributed by atoms with Crippen LogP contribution in [0.5, 0.6) is 0 Å². The van der Waals surface area contributed by atoms with Gasteiger partial charge in [0, 0.05) is 12.4 Å². The number of aromatic nitrogens is 2. The summed E-state index contributed by atoms with van der Waals surface area (Å²) in [6, 6.07) is 5.72. The average Bonchev–Trinajstić information content (AvgIpc) is 2.65. The van der Waals surface area contributed by atoms with Gasteiger partial charge in [0.1, 0.15) is 5.82 Å². The standard InChI is InChI=1S/C11H10ClFN2O/c12-11-14-5-6-15(11)7-10(16)8-1-3-9(13)4-2-8/h1-6,10,16H,7H2. The van der Waals surface area contributed by atoms with Crippen molar-refractivity contribution in [1.82, 2.24) is 9.55 Å².